The van der Waals surface area contributed by atoms with Gasteiger partial charge in [-0.15, -0.1) is 0 Å². The van der Waals surface area contributed by atoms with E-state index in [-0.39, 0.29) is 12.2 Å². The van der Waals surface area contributed by atoms with E-state index in [0.717, 1.165) is 16.5 Å². The molecule has 1 unspecified atom stereocenters. The Labute approximate surface area is 122 Å². The van der Waals surface area contributed by atoms with Crippen LogP contribution in [0.25, 0.3) is 10.9 Å². The van der Waals surface area contributed by atoms with E-state index in [4.69, 9.17) is 0 Å². The first-order chi connectivity index (χ1) is 10.3. The van der Waals surface area contributed by atoms with Crippen molar-refractivity contribution in [3.8, 4) is 0 Å². The number of Topliss-reactive ketones (excluding diaryl/α,β-unsaturated/α-hetero) is 1. The molecule has 0 fully saturated rings. The molecule has 2 N–H and O–H groups in total. The summed E-state index contributed by atoms with van der Waals surface area (Å²) in [4.78, 5) is 19.2. The Morgan fingerprint density at radius 1 is 1.19 bits per heavy atom. The van der Waals surface area contributed by atoms with Crippen LogP contribution in [0, 0.1) is 0 Å². The van der Waals surface area contributed by atoms with Crippen LogP contribution in [0.2, 0.25) is 0 Å². The molecule has 0 aliphatic carbocycles. The molecule has 1 aromatic carbocycles. The fourth-order valence-electron chi connectivity index (χ4n) is 2.45. The predicted molar refractivity (Wildman–Crippen MR) is 81.1 cm³/mol. The number of benzene rings is 1. The average Bonchev–Trinajstić information content (AvgIpc) is 2.97. The number of nitrogens with one attached hydrogen (secondary N) is 1. The monoisotopic (exact) mass is 280 g/mol. The van der Waals surface area contributed by atoms with Crippen molar-refractivity contribution in [2.45, 2.75) is 18.9 Å². The highest BCUT2D eigenvalue weighted by atomic mass is 16.3. The predicted octanol–water partition coefficient (Wildman–Crippen LogP) is 3.26. The van der Waals surface area contributed by atoms with Crippen molar-refractivity contribution < 1.29 is 9.90 Å². The zero-order chi connectivity index (χ0) is 14.7. The third-order valence-electron chi connectivity index (χ3n) is 3.58. The molecule has 106 valence electrons. The summed E-state index contributed by atoms with van der Waals surface area (Å²) in [5, 5.41) is 11.3. The molecule has 21 heavy (non-hydrogen) atoms. The summed E-state index contributed by atoms with van der Waals surface area (Å²) in [6, 6.07) is 13.1. The molecule has 0 saturated carbocycles. The van der Waals surface area contributed by atoms with Crippen LogP contribution < -0.4 is 0 Å². The van der Waals surface area contributed by atoms with Crippen LogP contribution in [0.3, 0.4) is 0 Å². The fraction of sp³-hybridized carbons (Fsp3) is 0.176. The summed E-state index contributed by atoms with van der Waals surface area (Å²) in [5.74, 6) is -0.0468. The molecule has 0 saturated heterocycles. The first kappa shape index (κ1) is 13.5. The van der Waals surface area contributed by atoms with Gasteiger partial charge in [0.25, 0.3) is 0 Å². The number of aromatic amines is 1. The van der Waals surface area contributed by atoms with Crippen LogP contribution >= 0.6 is 0 Å². The highest BCUT2D eigenvalue weighted by Crippen LogP contribution is 2.27. The molecular formula is C17H16N2O2. The van der Waals surface area contributed by atoms with Crippen LogP contribution in [0.1, 0.15) is 35.0 Å². The third kappa shape index (κ3) is 2.85. The van der Waals surface area contributed by atoms with E-state index in [2.05, 4.69) is 9.97 Å². The van der Waals surface area contributed by atoms with Crippen molar-refractivity contribution in [2.24, 2.45) is 0 Å². The Balaban J connectivity index is 1.69. The van der Waals surface area contributed by atoms with Gasteiger partial charge in [-0.2, -0.15) is 0 Å². The Bertz CT molecular complexity index is 750. The van der Waals surface area contributed by atoms with E-state index in [1.165, 1.54) is 0 Å². The first-order valence-corrected chi connectivity index (χ1v) is 6.94. The number of hydrogen-bond donors (Lipinski definition) is 2. The number of carbonyl (C=O) groups excluding carboxylic acids is 1. The minimum Gasteiger partial charge on any atom is -0.388 e. The van der Waals surface area contributed by atoms with Crippen molar-refractivity contribution in [1.29, 1.82) is 0 Å². The number of aliphatic hydroxyl groups is 1. The molecule has 0 aliphatic rings. The average molecular weight is 280 g/mol. The van der Waals surface area contributed by atoms with Gasteiger partial charge in [-0.3, -0.25) is 9.78 Å². The van der Waals surface area contributed by atoms with Crippen LogP contribution in [0.4, 0.5) is 0 Å². The van der Waals surface area contributed by atoms with Gasteiger partial charge >= 0.3 is 0 Å². The Morgan fingerprint density at radius 2 is 2.00 bits per heavy atom. The highest BCUT2D eigenvalue weighted by molar-refractivity contribution is 5.94. The van der Waals surface area contributed by atoms with Crippen molar-refractivity contribution in [3.05, 3.63) is 66.1 Å². The molecule has 0 spiro atoms. The van der Waals surface area contributed by atoms with E-state index in [0.29, 0.717) is 12.1 Å². The van der Waals surface area contributed by atoms with Gasteiger partial charge in [0, 0.05) is 35.3 Å². The maximum Gasteiger partial charge on any atom is 0.181 e. The number of hydrogen-bond acceptors (Lipinski definition) is 3. The lowest BCUT2D eigenvalue weighted by Crippen LogP contribution is -2.05. The van der Waals surface area contributed by atoms with Crippen molar-refractivity contribution in [1.82, 2.24) is 9.97 Å². The van der Waals surface area contributed by atoms with E-state index in [1.54, 1.807) is 30.6 Å². The molecule has 3 aromatic rings. The summed E-state index contributed by atoms with van der Waals surface area (Å²) in [6.07, 6.45) is 3.41. The van der Waals surface area contributed by atoms with Crippen molar-refractivity contribution in [2.75, 3.05) is 0 Å². The summed E-state index contributed by atoms with van der Waals surface area (Å²) in [5.41, 5.74) is 2.27. The van der Waals surface area contributed by atoms with Crippen LogP contribution in [0.15, 0.2) is 54.9 Å². The Hall–Kier alpha value is -2.46. The molecule has 4 nitrogen and oxygen atoms in total. The molecule has 0 aliphatic heterocycles. The van der Waals surface area contributed by atoms with Gasteiger partial charge in [-0.1, -0.05) is 24.3 Å². The smallest absolute Gasteiger partial charge is 0.181 e. The number of ketones is 1. The second-order valence-corrected chi connectivity index (χ2v) is 4.98. The van der Waals surface area contributed by atoms with Crippen LogP contribution in [-0.2, 0) is 0 Å². The number of carbonyl (C=O) groups is 1. The number of pyridine rings is 1. The molecule has 0 amide bonds. The lowest BCUT2D eigenvalue weighted by atomic mass is 10.0. The van der Waals surface area contributed by atoms with E-state index >= 15 is 0 Å². The quantitative estimate of drug-likeness (QED) is 0.705. The third-order valence-corrected chi connectivity index (χ3v) is 3.58. The summed E-state index contributed by atoms with van der Waals surface area (Å²) >= 11 is 0. The number of fused-ring (bicyclic) bond motifs is 1. The van der Waals surface area contributed by atoms with Gasteiger partial charge in [0.2, 0.25) is 0 Å². The standard InChI is InChI=1S/C17H16N2O2/c20-16(8-9-17(21)15-7-3-4-10-18-15)13-11-19-14-6-2-1-5-12(13)14/h1-7,10-11,16,19-20H,8-9H2. The minimum atomic E-state index is -0.659. The number of nitrogens with zero attached hydrogens (tertiary/aromatic N) is 1. The maximum atomic E-state index is 12.0. The SMILES string of the molecule is O=C(CCC(O)c1c[nH]c2ccccc12)c1ccccn1. The molecule has 2 aromatic heterocycles. The molecule has 1 atom stereocenters. The zero-order valence-corrected chi connectivity index (χ0v) is 11.5. The van der Waals surface area contributed by atoms with Gasteiger partial charge in [0.1, 0.15) is 5.69 Å². The second-order valence-electron chi connectivity index (χ2n) is 4.98. The van der Waals surface area contributed by atoms with Crippen LogP contribution in [-0.4, -0.2) is 20.9 Å². The van der Waals surface area contributed by atoms with Gasteiger partial charge in [-0.05, 0) is 24.6 Å². The second kappa shape index (κ2) is 5.89. The molecular weight excluding hydrogens is 264 g/mol. The lowest BCUT2D eigenvalue weighted by Gasteiger charge is -2.09. The maximum absolute atomic E-state index is 12.0. The first-order valence-electron chi connectivity index (χ1n) is 6.94. The largest absolute Gasteiger partial charge is 0.388 e. The molecule has 4 heteroatoms. The minimum absolute atomic E-state index is 0.0468. The molecule has 0 radical (unpaired) electrons. The highest BCUT2D eigenvalue weighted by Gasteiger charge is 2.15. The topological polar surface area (TPSA) is 66.0 Å². The van der Waals surface area contributed by atoms with E-state index in [9.17, 15) is 9.90 Å². The fourth-order valence-corrected chi connectivity index (χ4v) is 2.45. The van der Waals surface area contributed by atoms with Crippen molar-refractivity contribution >= 4 is 16.7 Å². The van der Waals surface area contributed by atoms with Crippen LogP contribution in [0.5, 0.6) is 0 Å². The number of rotatable bonds is 5. The summed E-state index contributed by atoms with van der Waals surface area (Å²) < 4.78 is 0. The molecule has 0 bridgehead atoms. The number of aromatic nitrogens is 2. The molecule has 2 heterocycles. The Morgan fingerprint density at radius 3 is 2.81 bits per heavy atom. The lowest BCUT2D eigenvalue weighted by molar-refractivity contribution is 0.0936. The zero-order valence-electron chi connectivity index (χ0n) is 11.5. The van der Waals surface area contributed by atoms with Gasteiger partial charge < -0.3 is 10.1 Å². The van der Waals surface area contributed by atoms with Gasteiger partial charge in [0.15, 0.2) is 5.78 Å². The van der Waals surface area contributed by atoms with Crippen molar-refractivity contribution in [3.63, 3.8) is 0 Å². The number of aliphatic hydroxyl groups excluding tert-OH is 1. The summed E-state index contributed by atoms with van der Waals surface area (Å²) in [7, 11) is 0. The number of para-hydroxylation sites is 1. The van der Waals surface area contributed by atoms with Gasteiger partial charge in [-0.25, -0.2) is 0 Å². The normalized spacial score (nSPS) is 12.4. The van der Waals surface area contributed by atoms with Gasteiger partial charge in [0.05, 0.1) is 6.10 Å². The molecule has 3 rings (SSSR count). The van der Waals surface area contributed by atoms with E-state index < -0.39 is 6.10 Å². The van der Waals surface area contributed by atoms with E-state index in [1.807, 2.05) is 24.3 Å². The summed E-state index contributed by atoms with van der Waals surface area (Å²) in [6.45, 7) is 0. The number of H-pyrrole nitrogens is 1. The Kier molecular flexibility index (Phi) is 3.79.